The van der Waals surface area contributed by atoms with Crippen LogP contribution in [0.25, 0.3) is 0 Å². The number of hydrogen-bond donors (Lipinski definition) is 1. The normalized spacial score (nSPS) is 12.1. The monoisotopic (exact) mass is 264 g/mol. The molecule has 19 heavy (non-hydrogen) atoms. The zero-order valence-electron chi connectivity index (χ0n) is 12.3. The minimum Gasteiger partial charge on any atom is -0.468 e. The van der Waals surface area contributed by atoms with Gasteiger partial charge in [0.15, 0.2) is 0 Å². The molecule has 1 atom stereocenters. The Morgan fingerprint density at radius 2 is 2.11 bits per heavy atom. The predicted molar refractivity (Wildman–Crippen MR) is 78.4 cm³/mol. The van der Waals surface area contributed by atoms with Gasteiger partial charge in [0.2, 0.25) is 0 Å². The summed E-state index contributed by atoms with van der Waals surface area (Å²) in [7, 11) is 5.43. The van der Waals surface area contributed by atoms with Crippen LogP contribution in [0, 0.1) is 6.92 Å². The van der Waals surface area contributed by atoms with Crippen LogP contribution in [0.5, 0.6) is 0 Å². The number of aryl methyl sites for hydroxylation is 2. The molecule has 2 N–H and O–H groups in total. The number of benzene rings is 1. The molecule has 106 valence electrons. The fourth-order valence-corrected chi connectivity index (χ4v) is 2.02. The lowest BCUT2D eigenvalue weighted by atomic mass is 10.0. The van der Waals surface area contributed by atoms with Gasteiger partial charge in [-0.3, -0.25) is 4.79 Å². The number of rotatable bonds is 6. The molecule has 0 heterocycles. The topological polar surface area (TPSA) is 55.6 Å². The molecule has 0 aliphatic carbocycles. The van der Waals surface area contributed by atoms with Gasteiger partial charge >= 0.3 is 5.97 Å². The number of nitrogens with zero attached hydrogens (tertiary/aromatic N) is 1. The maximum Gasteiger partial charge on any atom is 0.322 e. The Balaban J connectivity index is 2.52. The average Bonchev–Trinajstić information content (AvgIpc) is 2.39. The number of esters is 1. The third-order valence-electron chi connectivity index (χ3n) is 3.31. The van der Waals surface area contributed by atoms with Crippen molar-refractivity contribution in [3.05, 3.63) is 29.3 Å². The van der Waals surface area contributed by atoms with Crippen molar-refractivity contribution < 1.29 is 9.53 Å². The summed E-state index contributed by atoms with van der Waals surface area (Å²) < 4.78 is 4.61. The van der Waals surface area contributed by atoms with Crippen molar-refractivity contribution >= 4 is 11.7 Å². The fraction of sp³-hybridized carbons (Fsp3) is 0.533. The smallest absolute Gasteiger partial charge is 0.322 e. The molecule has 1 unspecified atom stereocenters. The Labute approximate surface area is 115 Å². The Bertz CT molecular complexity index is 430. The van der Waals surface area contributed by atoms with Crippen molar-refractivity contribution in [1.82, 2.24) is 0 Å². The molecular formula is C15H24N2O2. The molecule has 0 aromatic heterocycles. The summed E-state index contributed by atoms with van der Waals surface area (Å²) >= 11 is 0. The van der Waals surface area contributed by atoms with E-state index in [1.54, 1.807) is 0 Å². The lowest BCUT2D eigenvalue weighted by molar-refractivity contribution is -0.142. The Kier molecular flexibility index (Phi) is 5.83. The van der Waals surface area contributed by atoms with Gasteiger partial charge in [-0.25, -0.2) is 0 Å². The predicted octanol–water partition coefficient (Wildman–Crippen LogP) is 1.88. The number of nitrogens with two attached hydrogens (primary N) is 1. The van der Waals surface area contributed by atoms with E-state index in [4.69, 9.17) is 5.73 Å². The highest BCUT2D eigenvalue weighted by atomic mass is 16.5. The van der Waals surface area contributed by atoms with Gasteiger partial charge in [0.05, 0.1) is 7.11 Å². The highest BCUT2D eigenvalue weighted by Crippen LogP contribution is 2.19. The third-order valence-corrected chi connectivity index (χ3v) is 3.31. The molecule has 0 aliphatic rings. The Hall–Kier alpha value is -1.55. The minimum absolute atomic E-state index is 0.334. The fourth-order valence-electron chi connectivity index (χ4n) is 2.02. The van der Waals surface area contributed by atoms with Crippen LogP contribution < -0.4 is 10.6 Å². The van der Waals surface area contributed by atoms with E-state index in [0.29, 0.717) is 6.42 Å². The molecule has 0 spiro atoms. The number of anilines is 1. The minimum atomic E-state index is -0.508. The number of methoxy groups -OCH3 is 1. The lowest BCUT2D eigenvalue weighted by Gasteiger charge is -2.15. The van der Waals surface area contributed by atoms with Crippen LogP contribution in [0.4, 0.5) is 5.69 Å². The molecule has 0 bridgehead atoms. The lowest BCUT2D eigenvalue weighted by Crippen LogP contribution is -2.31. The first kappa shape index (κ1) is 15.5. The van der Waals surface area contributed by atoms with E-state index in [-0.39, 0.29) is 5.97 Å². The van der Waals surface area contributed by atoms with Crippen molar-refractivity contribution in [2.75, 3.05) is 26.1 Å². The van der Waals surface area contributed by atoms with Gasteiger partial charge in [-0.15, -0.1) is 0 Å². The Morgan fingerprint density at radius 3 is 2.63 bits per heavy atom. The number of ether oxygens (including phenoxy) is 1. The van der Waals surface area contributed by atoms with Gasteiger partial charge in [-0.05, 0) is 49.4 Å². The van der Waals surface area contributed by atoms with Crippen LogP contribution in [0.15, 0.2) is 18.2 Å². The van der Waals surface area contributed by atoms with Crippen molar-refractivity contribution in [1.29, 1.82) is 0 Å². The first-order valence-electron chi connectivity index (χ1n) is 6.56. The second kappa shape index (κ2) is 7.14. The average molecular weight is 264 g/mol. The van der Waals surface area contributed by atoms with E-state index in [2.05, 4.69) is 34.8 Å². The van der Waals surface area contributed by atoms with Crippen molar-refractivity contribution in [2.24, 2.45) is 5.73 Å². The van der Waals surface area contributed by atoms with Crippen molar-refractivity contribution in [3.63, 3.8) is 0 Å². The van der Waals surface area contributed by atoms with Gasteiger partial charge in [0.25, 0.3) is 0 Å². The van der Waals surface area contributed by atoms with Crippen LogP contribution >= 0.6 is 0 Å². The van der Waals surface area contributed by atoms with Gasteiger partial charge in [-0.2, -0.15) is 0 Å². The van der Waals surface area contributed by atoms with Gasteiger partial charge in [0, 0.05) is 19.8 Å². The van der Waals surface area contributed by atoms with Crippen molar-refractivity contribution in [2.45, 2.75) is 32.2 Å². The summed E-state index contributed by atoms with van der Waals surface area (Å²) in [5.74, 6) is -0.334. The van der Waals surface area contributed by atoms with Crippen LogP contribution in [0.2, 0.25) is 0 Å². The number of carbonyl (C=O) groups excluding carboxylic acids is 1. The summed E-state index contributed by atoms with van der Waals surface area (Å²) in [6.07, 6.45) is 2.48. The van der Waals surface area contributed by atoms with Crippen LogP contribution in [-0.2, 0) is 16.0 Å². The summed E-state index contributed by atoms with van der Waals surface area (Å²) in [6, 6.07) is 5.93. The molecule has 1 aromatic rings. The van der Waals surface area contributed by atoms with Gasteiger partial charge in [-0.1, -0.05) is 6.07 Å². The molecule has 0 saturated heterocycles. The number of hydrogen-bond acceptors (Lipinski definition) is 4. The maximum atomic E-state index is 11.2. The Morgan fingerprint density at radius 1 is 1.42 bits per heavy atom. The van der Waals surface area contributed by atoms with E-state index in [0.717, 1.165) is 12.8 Å². The van der Waals surface area contributed by atoms with E-state index >= 15 is 0 Å². The molecule has 0 fully saturated rings. The summed E-state index contributed by atoms with van der Waals surface area (Å²) in [4.78, 5) is 13.3. The van der Waals surface area contributed by atoms with Crippen LogP contribution in [0.3, 0.4) is 0 Å². The van der Waals surface area contributed by atoms with Crippen LogP contribution in [-0.4, -0.2) is 33.2 Å². The maximum absolute atomic E-state index is 11.2. The molecule has 0 aliphatic heterocycles. The van der Waals surface area contributed by atoms with Gasteiger partial charge in [0.1, 0.15) is 6.04 Å². The second-order valence-electron chi connectivity index (χ2n) is 5.03. The van der Waals surface area contributed by atoms with E-state index in [1.165, 1.54) is 23.9 Å². The highest BCUT2D eigenvalue weighted by Gasteiger charge is 2.13. The molecule has 1 aromatic carbocycles. The molecule has 4 heteroatoms. The quantitative estimate of drug-likeness (QED) is 0.797. The standard InChI is InChI=1S/C15H24N2O2/c1-11-10-13(17(2)3)9-8-12(11)6-5-7-14(16)15(18)19-4/h8-10,14H,5-7,16H2,1-4H3. The zero-order chi connectivity index (χ0) is 14.4. The molecule has 1 rings (SSSR count). The first-order valence-corrected chi connectivity index (χ1v) is 6.56. The summed E-state index contributed by atoms with van der Waals surface area (Å²) in [5.41, 5.74) is 9.50. The SMILES string of the molecule is COC(=O)C(N)CCCc1ccc(N(C)C)cc1C. The molecule has 0 saturated carbocycles. The molecule has 0 amide bonds. The van der Waals surface area contributed by atoms with E-state index in [1.807, 2.05) is 14.1 Å². The first-order chi connectivity index (χ1) is 8.95. The number of carbonyl (C=O) groups is 1. The molecule has 4 nitrogen and oxygen atoms in total. The highest BCUT2D eigenvalue weighted by molar-refractivity contribution is 5.75. The molecular weight excluding hydrogens is 240 g/mol. The van der Waals surface area contributed by atoms with E-state index < -0.39 is 6.04 Å². The van der Waals surface area contributed by atoms with E-state index in [9.17, 15) is 4.79 Å². The zero-order valence-corrected chi connectivity index (χ0v) is 12.3. The largest absolute Gasteiger partial charge is 0.468 e. The summed E-state index contributed by atoms with van der Waals surface area (Å²) in [6.45, 7) is 2.11. The third kappa shape index (κ3) is 4.56. The molecule has 0 radical (unpaired) electrons. The second-order valence-corrected chi connectivity index (χ2v) is 5.03. The summed E-state index contributed by atoms with van der Waals surface area (Å²) in [5, 5.41) is 0. The van der Waals surface area contributed by atoms with Crippen LogP contribution in [0.1, 0.15) is 24.0 Å². The van der Waals surface area contributed by atoms with Crippen molar-refractivity contribution in [3.8, 4) is 0 Å². The van der Waals surface area contributed by atoms with Gasteiger partial charge < -0.3 is 15.4 Å².